The fourth-order valence-corrected chi connectivity index (χ4v) is 2.13. The molecule has 0 radical (unpaired) electrons. The van der Waals surface area contributed by atoms with Gasteiger partial charge in [-0.1, -0.05) is 0 Å². The molecule has 1 N–H and O–H groups in total. The number of aromatic nitrogens is 2. The van der Waals surface area contributed by atoms with Gasteiger partial charge in [0.25, 0.3) is 5.69 Å². The molecule has 0 atom stereocenters. The Labute approximate surface area is 118 Å². The van der Waals surface area contributed by atoms with Crippen LogP contribution in [0.15, 0.2) is 34.9 Å². The normalized spacial score (nSPS) is 10.4. The Kier molecular flexibility index (Phi) is 4.16. The molecular weight excluding hydrogens is 312 g/mol. The standard InChI is InChI=1S/C12H13BrN4O2/c1-2-16-10(5-6-15-16)8-14-12-7-9(17(18)19)3-4-11(12)13/h3-7,14H,2,8H2,1H3. The molecular formula is C12H13BrN4O2. The predicted molar refractivity (Wildman–Crippen MR) is 76.0 cm³/mol. The van der Waals surface area contributed by atoms with Crippen molar-refractivity contribution in [2.75, 3.05) is 5.32 Å². The van der Waals surface area contributed by atoms with Crippen LogP contribution in [0.25, 0.3) is 0 Å². The van der Waals surface area contributed by atoms with Crippen LogP contribution in [0.1, 0.15) is 12.6 Å². The molecule has 0 bridgehead atoms. The molecule has 1 aromatic carbocycles. The summed E-state index contributed by atoms with van der Waals surface area (Å²) in [6.45, 7) is 3.37. The second-order valence-corrected chi connectivity index (χ2v) is 4.77. The zero-order chi connectivity index (χ0) is 13.8. The van der Waals surface area contributed by atoms with Crippen molar-refractivity contribution in [1.82, 2.24) is 9.78 Å². The lowest BCUT2D eigenvalue weighted by Gasteiger charge is -2.09. The Morgan fingerprint density at radius 2 is 2.26 bits per heavy atom. The first-order valence-corrected chi connectivity index (χ1v) is 6.59. The third kappa shape index (κ3) is 3.11. The second kappa shape index (κ2) is 5.83. The minimum atomic E-state index is -0.409. The number of nitro benzene ring substituents is 1. The van der Waals surface area contributed by atoms with E-state index >= 15 is 0 Å². The van der Waals surface area contributed by atoms with E-state index in [2.05, 4.69) is 26.3 Å². The molecule has 19 heavy (non-hydrogen) atoms. The summed E-state index contributed by atoms with van der Waals surface area (Å²) in [6.07, 6.45) is 1.74. The number of non-ortho nitro benzene ring substituents is 1. The van der Waals surface area contributed by atoms with Crippen molar-refractivity contribution in [3.05, 3.63) is 50.7 Å². The fourth-order valence-electron chi connectivity index (χ4n) is 1.74. The maximum absolute atomic E-state index is 10.7. The summed E-state index contributed by atoms with van der Waals surface area (Å²) in [4.78, 5) is 10.3. The molecule has 7 heteroatoms. The smallest absolute Gasteiger partial charge is 0.271 e. The average Bonchev–Trinajstić information content (AvgIpc) is 2.85. The first-order valence-electron chi connectivity index (χ1n) is 5.80. The first kappa shape index (κ1) is 13.5. The predicted octanol–water partition coefficient (Wildman–Crippen LogP) is 3.19. The maximum Gasteiger partial charge on any atom is 0.271 e. The number of benzene rings is 1. The average molecular weight is 325 g/mol. The molecule has 0 amide bonds. The van der Waals surface area contributed by atoms with Gasteiger partial charge in [-0.3, -0.25) is 14.8 Å². The van der Waals surface area contributed by atoms with E-state index in [0.717, 1.165) is 16.7 Å². The highest BCUT2D eigenvalue weighted by Gasteiger charge is 2.09. The quantitative estimate of drug-likeness (QED) is 0.677. The Hall–Kier alpha value is -1.89. The summed E-state index contributed by atoms with van der Waals surface area (Å²) < 4.78 is 2.67. The SMILES string of the molecule is CCn1nccc1CNc1cc([N+](=O)[O-])ccc1Br. The summed E-state index contributed by atoms with van der Waals surface area (Å²) in [5.41, 5.74) is 1.79. The lowest BCUT2D eigenvalue weighted by atomic mass is 10.2. The van der Waals surface area contributed by atoms with E-state index in [1.54, 1.807) is 12.3 Å². The second-order valence-electron chi connectivity index (χ2n) is 3.91. The number of nitrogens with one attached hydrogen (secondary N) is 1. The molecule has 6 nitrogen and oxygen atoms in total. The topological polar surface area (TPSA) is 73.0 Å². The van der Waals surface area contributed by atoms with Crippen LogP contribution >= 0.6 is 15.9 Å². The third-order valence-electron chi connectivity index (χ3n) is 2.72. The molecule has 0 aliphatic rings. The van der Waals surface area contributed by atoms with Crippen LogP contribution in [-0.2, 0) is 13.1 Å². The molecule has 100 valence electrons. The number of nitro groups is 1. The number of rotatable bonds is 5. The van der Waals surface area contributed by atoms with Gasteiger partial charge in [-0.25, -0.2) is 0 Å². The van der Waals surface area contributed by atoms with Crippen molar-refractivity contribution in [2.24, 2.45) is 0 Å². The minimum absolute atomic E-state index is 0.0645. The van der Waals surface area contributed by atoms with Crippen LogP contribution in [0.4, 0.5) is 11.4 Å². The summed E-state index contributed by atoms with van der Waals surface area (Å²) in [6, 6.07) is 6.56. The lowest BCUT2D eigenvalue weighted by Crippen LogP contribution is -2.08. The van der Waals surface area contributed by atoms with Gasteiger partial charge in [-0.05, 0) is 35.0 Å². The molecule has 0 saturated carbocycles. The van der Waals surface area contributed by atoms with Crippen LogP contribution in [0.3, 0.4) is 0 Å². The van der Waals surface area contributed by atoms with Gasteiger partial charge in [0.15, 0.2) is 0 Å². The molecule has 2 aromatic rings. The van der Waals surface area contributed by atoms with Gasteiger partial charge in [0.05, 0.1) is 22.8 Å². The van der Waals surface area contributed by atoms with Crippen molar-refractivity contribution in [1.29, 1.82) is 0 Å². The van der Waals surface area contributed by atoms with Crippen LogP contribution in [0.5, 0.6) is 0 Å². The van der Waals surface area contributed by atoms with Crippen LogP contribution < -0.4 is 5.32 Å². The first-order chi connectivity index (χ1) is 9.11. The van der Waals surface area contributed by atoms with E-state index in [-0.39, 0.29) is 5.69 Å². The molecule has 0 aliphatic carbocycles. The third-order valence-corrected chi connectivity index (χ3v) is 3.42. The molecule has 1 aromatic heterocycles. The fraction of sp³-hybridized carbons (Fsp3) is 0.250. The van der Waals surface area contributed by atoms with E-state index in [1.807, 2.05) is 17.7 Å². The van der Waals surface area contributed by atoms with Crippen molar-refractivity contribution in [2.45, 2.75) is 20.0 Å². The number of anilines is 1. The Morgan fingerprint density at radius 1 is 1.47 bits per heavy atom. The van der Waals surface area contributed by atoms with E-state index in [9.17, 15) is 10.1 Å². The zero-order valence-corrected chi connectivity index (χ0v) is 11.9. The number of halogens is 1. The Bertz CT molecular complexity index is 597. The van der Waals surface area contributed by atoms with Gasteiger partial charge < -0.3 is 5.32 Å². The lowest BCUT2D eigenvalue weighted by molar-refractivity contribution is -0.384. The maximum atomic E-state index is 10.7. The number of aryl methyl sites for hydroxylation is 1. The van der Waals surface area contributed by atoms with Gasteiger partial charge in [-0.15, -0.1) is 0 Å². The van der Waals surface area contributed by atoms with Crippen molar-refractivity contribution >= 4 is 27.3 Å². The van der Waals surface area contributed by atoms with Crippen molar-refractivity contribution in [3.8, 4) is 0 Å². The van der Waals surface area contributed by atoms with E-state index in [4.69, 9.17) is 0 Å². The van der Waals surface area contributed by atoms with Gasteiger partial charge >= 0.3 is 0 Å². The highest BCUT2D eigenvalue weighted by atomic mass is 79.9. The van der Waals surface area contributed by atoms with E-state index in [1.165, 1.54) is 12.1 Å². The summed E-state index contributed by atoms with van der Waals surface area (Å²) in [7, 11) is 0. The number of hydrogen-bond donors (Lipinski definition) is 1. The van der Waals surface area contributed by atoms with E-state index in [0.29, 0.717) is 12.2 Å². The molecule has 0 aliphatic heterocycles. The molecule has 0 spiro atoms. The largest absolute Gasteiger partial charge is 0.378 e. The molecule has 0 fully saturated rings. The van der Waals surface area contributed by atoms with Gasteiger partial charge in [0, 0.05) is 29.3 Å². The zero-order valence-electron chi connectivity index (χ0n) is 10.3. The number of hydrogen-bond acceptors (Lipinski definition) is 4. The van der Waals surface area contributed by atoms with Gasteiger partial charge in [-0.2, -0.15) is 5.10 Å². The van der Waals surface area contributed by atoms with Gasteiger partial charge in [0.1, 0.15) is 0 Å². The van der Waals surface area contributed by atoms with Crippen LogP contribution in [0.2, 0.25) is 0 Å². The van der Waals surface area contributed by atoms with Crippen LogP contribution in [0, 0.1) is 10.1 Å². The highest BCUT2D eigenvalue weighted by molar-refractivity contribution is 9.10. The Balaban J connectivity index is 2.15. The van der Waals surface area contributed by atoms with Crippen molar-refractivity contribution in [3.63, 3.8) is 0 Å². The Morgan fingerprint density at radius 3 is 2.95 bits per heavy atom. The molecule has 0 unspecified atom stereocenters. The molecule has 0 saturated heterocycles. The molecule has 2 rings (SSSR count). The summed E-state index contributed by atoms with van der Waals surface area (Å²) in [5, 5.41) is 18.1. The monoisotopic (exact) mass is 324 g/mol. The summed E-state index contributed by atoms with van der Waals surface area (Å²) in [5.74, 6) is 0. The van der Waals surface area contributed by atoms with Crippen LogP contribution in [-0.4, -0.2) is 14.7 Å². The number of nitrogens with zero attached hydrogens (tertiary/aromatic N) is 3. The summed E-state index contributed by atoms with van der Waals surface area (Å²) >= 11 is 3.37. The van der Waals surface area contributed by atoms with Crippen molar-refractivity contribution < 1.29 is 4.92 Å². The molecule has 1 heterocycles. The minimum Gasteiger partial charge on any atom is -0.378 e. The van der Waals surface area contributed by atoms with E-state index < -0.39 is 4.92 Å². The van der Waals surface area contributed by atoms with Gasteiger partial charge in [0.2, 0.25) is 0 Å². The highest BCUT2D eigenvalue weighted by Crippen LogP contribution is 2.27.